The van der Waals surface area contributed by atoms with E-state index in [9.17, 15) is 4.79 Å². The number of rotatable bonds is 1. The highest BCUT2D eigenvalue weighted by Gasteiger charge is 2.49. The van der Waals surface area contributed by atoms with Crippen LogP contribution in [0, 0.1) is 0 Å². The molecule has 2 saturated heterocycles. The number of pyridine rings is 1. The SMILES string of the molecule is CC1CN(C(=O)c2cccc3nncn23)CC2(CCOC2C)O1. The van der Waals surface area contributed by atoms with E-state index in [-0.39, 0.29) is 18.1 Å². The Morgan fingerprint density at radius 2 is 2.26 bits per heavy atom. The van der Waals surface area contributed by atoms with Gasteiger partial charge in [-0.1, -0.05) is 6.07 Å². The fraction of sp³-hybridized carbons (Fsp3) is 0.562. The summed E-state index contributed by atoms with van der Waals surface area (Å²) in [7, 11) is 0. The molecule has 0 aromatic carbocycles. The quantitative estimate of drug-likeness (QED) is 0.789. The van der Waals surface area contributed by atoms with Crippen molar-refractivity contribution in [1.82, 2.24) is 19.5 Å². The summed E-state index contributed by atoms with van der Waals surface area (Å²) < 4.78 is 13.6. The van der Waals surface area contributed by atoms with E-state index in [4.69, 9.17) is 9.47 Å². The molecule has 7 heteroatoms. The van der Waals surface area contributed by atoms with Gasteiger partial charge in [-0.15, -0.1) is 10.2 Å². The van der Waals surface area contributed by atoms with Gasteiger partial charge in [-0.25, -0.2) is 0 Å². The Balaban J connectivity index is 1.66. The summed E-state index contributed by atoms with van der Waals surface area (Å²) in [5.41, 5.74) is 0.849. The van der Waals surface area contributed by atoms with Gasteiger partial charge in [-0.2, -0.15) is 0 Å². The Hall–Kier alpha value is -1.99. The summed E-state index contributed by atoms with van der Waals surface area (Å²) >= 11 is 0. The van der Waals surface area contributed by atoms with Crippen LogP contribution in [0.3, 0.4) is 0 Å². The van der Waals surface area contributed by atoms with Crippen molar-refractivity contribution in [1.29, 1.82) is 0 Å². The molecule has 2 aliphatic rings. The van der Waals surface area contributed by atoms with Crippen molar-refractivity contribution in [3.63, 3.8) is 0 Å². The van der Waals surface area contributed by atoms with Gasteiger partial charge in [0.2, 0.25) is 0 Å². The second-order valence-corrected chi connectivity index (χ2v) is 6.41. The summed E-state index contributed by atoms with van der Waals surface area (Å²) in [5.74, 6) is -0.0241. The Morgan fingerprint density at radius 3 is 3.04 bits per heavy atom. The zero-order chi connectivity index (χ0) is 16.0. The van der Waals surface area contributed by atoms with Gasteiger partial charge in [-0.05, 0) is 26.0 Å². The Morgan fingerprint density at radius 1 is 1.39 bits per heavy atom. The monoisotopic (exact) mass is 316 g/mol. The summed E-state index contributed by atoms with van der Waals surface area (Å²) in [6.07, 6.45) is 2.37. The molecule has 1 spiro atoms. The maximum Gasteiger partial charge on any atom is 0.271 e. The molecule has 0 N–H and O–H groups in total. The van der Waals surface area contributed by atoms with Crippen LogP contribution in [-0.4, -0.2) is 62.9 Å². The van der Waals surface area contributed by atoms with Gasteiger partial charge in [0.05, 0.1) is 18.8 Å². The lowest BCUT2D eigenvalue weighted by molar-refractivity contribution is -0.160. The number of fused-ring (bicyclic) bond motifs is 1. The second-order valence-electron chi connectivity index (χ2n) is 6.41. The third-order valence-corrected chi connectivity index (χ3v) is 4.85. The van der Waals surface area contributed by atoms with Crippen LogP contribution in [-0.2, 0) is 9.47 Å². The van der Waals surface area contributed by atoms with Crippen LogP contribution in [0.1, 0.15) is 30.8 Å². The molecule has 2 aliphatic heterocycles. The first-order valence-corrected chi connectivity index (χ1v) is 7.96. The molecule has 3 unspecified atom stereocenters. The third-order valence-electron chi connectivity index (χ3n) is 4.85. The summed E-state index contributed by atoms with van der Waals surface area (Å²) in [6, 6.07) is 5.47. The lowest BCUT2D eigenvalue weighted by Gasteiger charge is -2.45. The smallest absolute Gasteiger partial charge is 0.271 e. The number of nitrogens with zero attached hydrogens (tertiary/aromatic N) is 4. The molecule has 0 bridgehead atoms. The maximum atomic E-state index is 13.1. The van der Waals surface area contributed by atoms with Gasteiger partial charge in [0.25, 0.3) is 5.91 Å². The zero-order valence-electron chi connectivity index (χ0n) is 13.3. The molecule has 7 nitrogen and oxygen atoms in total. The average molecular weight is 316 g/mol. The molecule has 3 atom stereocenters. The molecule has 0 radical (unpaired) electrons. The minimum Gasteiger partial charge on any atom is -0.375 e. The predicted molar refractivity (Wildman–Crippen MR) is 82.2 cm³/mol. The first kappa shape index (κ1) is 14.6. The lowest BCUT2D eigenvalue weighted by Crippen LogP contribution is -2.59. The van der Waals surface area contributed by atoms with Crippen molar-refractivity contribution < 1.29 is 14.3 Å². The molecule has 0 aliphatic carbocycles. The van der Waals surface area contributed by atoms with Crippen molar-refractivity contribution in [2.24, 2.45) is 0 Å². The normalized spacial score (nSPS) is 31.1. The number of amides is 1. The van der Waals surface area contributed by atoms with Crippen LogP contribution >= 0.6 is 0 Å². The number of hydrogen-bond acceptors (Lipinski definition) is 5. The van der Waals surface area contributed by atoms with E-state index in [2.05, 4.69) is 10.2 Å². The minimum absolute atomic E-state index is 0.00810. The van der Waals surface area contributed by atoms with Crippen molar-refractivity contribution in [2.75, 3.05) is 19.7 Å². The van der Waals surface area contributed by atoms with Crippen LogP contribution in [0.4, 0.5) is 0 Å². The van der Waals surface area contributed by atoms with E-state index in [1.54, 1.807) is 16.8 Å². The highest BCUT2D eigenvalue weighted by molar-refractivity contribution is 5.93. The summed E-state index contributed by atoms with van der Waals surface area (Å²) in [4.78, 5) is 14.9. The highest BCUT2D eigenvalue weighted by Crippen LogP contribution is 2.35. The number of aromatic nitrogens is 3. The van der Waals surface area contributed by atoms with E-state index >= 15 is 0 Å². The number of carbonyl (C=O) groups excluding carboxylic acids is 1. The Kier molecular flexibility index (Phi) is 3.35. The van der Waals surface area contributed by atoms with E-state index in [0.29, 0.717) is 31.0 Å². The van der Waals surface area contributed by atoms with Gasteiger partial charge in [0.15, 0.2) is 5.65 Å². The molecule has 2 aromatic rings. The van der Waals surface area contributed by atoms with Crippen LogP contribution in [0.15, 0.2) is 24.5 Å². The summed E-state index contributed by atoms with van der Waals surface area (Å²) in [5, 5.41) is 7.89. The van der Waals surface area contributed by atoms with Gasteiger partial charge >= 0.3 is 0 Å². The molecule has 0 saturated carbocycles. The van der Waals surface area contributed by atoms with Gasteiger partial charge in [0, 0.05) is 19.6 Å². The first-order chi connectivity index (χ1) is 11.1. The molecule has 23 heavy (non-hydrogen) atoms. The van der Waals surface area contributed by atoms with E-state index in [1.165, 1.54) is 0 Å². The van der Waals surface area contributed by atoms with Crippen molar-refractivity contribution >= 4 is 11.6 Å². The van der Waals surface area contributed by atoms with E-state index in [1.807, 2.05) is 30.9 Å². The van der Waals surface area contributed by atoms with Gasteiger partial charge in [-0.3, -0.25) is 9.20 Å². The standard InChI is InChI=1S/C16H20N4O3/c1-11-8-19(9-16(23-11)6-7-22-12(16)2)15(21)13-4-3-5-14-18-17-10-20(13)14/h3-5,10-12H,6-9H2,1-2H3. The Labute approximate surface area is 134 Å². The number of hydrogen-bond donors (Lipinski definition) is 0. The van der Waals surface area contributed by atoms with Crippen molar-refractivity contribution in [3.05, 3.63) is 30.2 Å². The fourth-order valence-electron chi connectivity index (χ4n) is 3.64. The molecule has 4 heterocycles. The molecule has 2 fully saturated rings. The first-order valence-electron chi connectivity index (χ1n) is 7.96. The average Bonchev–Trinajstić information content (AvgIpc) is 3.13. The van der Waals surface area contributed by atoms with Crippen molar-refractivity contribution in [3.8, 4) is 0 Å². The van der Waals surface area contributed by atoms with E-state index in [0.717, 1.165) is 6.42 Å². The third kappa shape index (κ3) is 2.31. The van der Waals surface area contributed by atoms with Crippen LogP contribution in [0.2, 0.25) is 0 Å². The van der Waals surface area contributed by atoms with Crippen LogP contribution < -0.4 is 0 Å². The lowest BCUT2D eigenvalue weighted by atomic mass is 9.93. The highest BCUT2D eigenvalue weighted by atomic mass is 16.6. The minimum atomic E-state index is -0.394. The number of ether oxygens (including phenoxy) is 2. The molecular formula is C16H20N4O3. The van der Waals surface area contributed by atoms with Gasteiger partial charge in [0.1, 0.15) is 17.6 Å². The zero-order valence-corrected chi connectivity index (χ0v) is 13.3. The Bertz CT molecular complexity index is 746. The number of carbonyl (C=O) groups is 1. The largest absolute Gasteiger partial charge is 0.375 e. The maximum absolute atomic E-state index is 13.1. The molecule has 1 amide bonds. The molecule has 122 valence electrons. The molecular weight excluding hydrogens is 296 g/mol. The molecule has 2 aromatic heterocycles. The number of morpholine rings is 1. The van der Waals surface area contributed by atoms with Crippen LogP contribution in [0.25, 0.3) is 5.65 Å². The fourth-order valence-corrected chi connectivity index (χ4v) is 3.64. The summed E-state index contributed by atoms with van der Waals surface area (Å²) in [6.45, 7) is 5.83. The topological polar surface area (TPSA) is 69.0 Å². The second kappa shape index (κ2) is 5.28. The van der Waals surface area contributed by atoms with Gasteiger partial charge < -0.3 is 14.4 Å². The molecule has 4 rings (SSSR count). The predicted octanol–water partition coefficient (Wildman–Crippen LogP) is 1.14. The van der Waals surface area contributed by atoms with E-state index < -0.39 is 5.60 Å². The van der Waals surface area contributed by atoms with Crippen LogP contribution in [0.5, 0.6) is 0 Å². The van der Waals surface area contributed by atoms with Crippen molar-refractivity contribution in [2.45, 2.75) is 38.1 Å².